The van der Waals surface area contributed by atoms with Gasteiger partial charge in [-0.15, -0.1) is 22.0 Å². The van der Waals surface area contributed by atoms with Crippen LogP contribution in [-0.4, -0.2) is 27.8 Å². The monoisotopic (exact) mass is 498 g/mol. The van der Waals surface area contributed by atoms with Crippen LogP contribution in [0.2, 0.25) is 0 Å². The van der Waals surface area contributed by atoms with Crippen molar-refractivity contribution < 1.29 is 18.7 Å². The van der Waals surface area contributed by atoms with E-state index in [0.29, 0.717) is 27.6 Å². The van der Waals surface area contributed by atoms with E-state index in [-0.39, 0.29) is 17.6 Å². The molecule has 1 amide bonds. The van der Waals surface area contributed by atoms with E-state index in [9.17, 15) is 9.59 Å². The molecule has 0 radical (unpaired) electrons. The Morgan fingerprint density at radius 1 is 1.08 bits per heavy atom. The van der Waals surface area contributed by atoms with E-state index >= 15 is 0 Å². The van der Waals surface area contributed by atoms with Crippen LogP contribution in [-0.2, 0) is 9.53 Å². The second kappa shape index (κ2) is 11.3. The average molecular weight is 499 g/mol. The molecule has 180 valence electrons. The highest BCUT2D eigenvalue weighted by molar-refractivity contribution is 8.00. The number of nitrogens with zero attached hydrogens (tertiary/aromatic N) is 3. The first kappa shape index (κ1) is 24.7. The zero-order valence-electron chi connectivity index (χ0n) is 19.6. The van der Waals surface area contributed by atoms with Gasteiger partial charge in [0.2, 0.25) is 11.8 Å². The lowest BCUT2D eigenvalue weighted by atomic mass is 10.1. The van der Waals surface area contributed by atoms with Crippen LogP contribution in [0.25, 0.3) is 11.5 Å². The number of thioether (sulfide) groups is 1. The molecule has 0 aliphatic rings. The molecule has 4 aromatic rings. The van der Waals surface area contributed by atoms with Crippen molar-refractivity contribution in [3.05, 3.63) is 95.4 Å². The number of aryl methyl sites for hydroxylation is 1. The van der Waals surface area contributed by atoms with Crippen molar-refractivity contribution in [2.24, 2.45) is 0 Å². The van der Waals surface area contributed by atoms with Crippen LogP contribution in [0.5, 0.6) is 0 Å². The van der Waals surface area contributed by atoms with E-state index in [0.717, 1.165) is 11.1 Å². The third kappa shape index (κ3) is 6.17. The van der Waals surface area contributed by atoms with Crippen molar-refractivity contribution in [1.82, 2.24) is 10.2 Å². The minimum absolute atomic E-state index is 0.0696. The van der Waals surface area contributed by atoms with Gasteiger partial charge in [0.1, 0.15) is 0 Å². The van der Waals surface area contributed by atoms with E-state index in [4.69, 9.17) is 14.4 Å². The third-order valence-electron chi connectivity index (χ3n) is 5.08. The van der Waals surface area contributed by atoms with E-state index in [1.54, 1.807) is 55.5 Å². The maximum Gasteiger partial charge on any atom is 0.340 e. The Kier molecular flexibility index (Phi) is 7.78. The van der Waals surface area contributed by atoms with Gasteiger partial charge in [-0.3, -0.25) is 4.79 Å². The number of amides is 1. The second-order valence-electron chi connectivity index (χ2n) is 7.89. The lowest BCUT2D eigenvalue weighted by Gasteiger charge is -2.12. The van der Waals surface area contributed by atoms with Crippen molar-refractivity contribution in [2.45, 2.75) is 24.8 Å². The standard InChI is InChI=1S/C27H22N4O4S/c1-17-7-5-9-20(13-17)26-31-30-25(35-26)18(2)34-27(33)22-11-3-4-12-23(22)36-16-24(32)29-21-10-6-8-19(14-21)15-28/h3-14,18H,16H2,1-2H3,(H,29,32). The molecular weight excluding hydrogens is 476 g/mol. The Morgan fingerprint density at radius 2 is 1.89 bits per heavy atom. The number of nitrogens with one attached hydrogen (secondary N) is 1. The van der Waals surface area contributed by atoms with Gasteiger partial charge in [-0.2, -0.15) is 5.26 Å². The Balaban J connectivity index is 1.39. The molecule has 1 atom stereocenters. The van der Waals surface area contributed by atoms with Gasteiger partial charge in [0.15, 0.2) is 6.10 Å². The van der Waals surface area contributed by atoms with Crippen LogP contribution in [0.4, 0.5) is 5.69 Å². The van der Waals surface area contributed by atoms with Crippen LogP contribution in [0.3, 0.4) is 0 Å². The number of anilines is 1. The highest BCUT2D eigenvalue weighted by Gasteiger charge is 2.22. The Morgan fingerprint density at radius 3 is 2.69 bits per heavy atom. The molecular formula is C27H22N4O4S. The summed E-state index contributed by atoms with van der Waals surface area (Å²) in [4.78, 5) is 25.9. The number of hydrogen-bond donors (Lipinski definition) is 1. The first-order valence-electron chi connectivity index (χ1n) is 11.1. The normalized spacial score (nSPS) is 11.4. The Bertz CT molecular complexity index is 1440. The summed E-state index contributed by atoms with van der Waals surface area (Å²) in [5.41, 5.74) is 3.16. The molecule has 4 rings (SSSR count). The lowest BCUT2D eigenvalue weighted by Crippen LogP contribution is -2.15. The summed E-state index contributed by atoms with van der Waals surface area (Å²) in [6, 6.07) is 23.2. The number of aromatic nitrogens is 2. The van der Waals surface area contributed by atoms with Crippen LogP contribution >= 0.6 is 11.8 Å². The highest BCUT2D eigenvalue weighted by Crippen LogP contribution is 2.27. The van der Waals surface area contributed by atoms with Gasteiger partial charge in [0, 0.05) is 16.1 Å². The summed E-state index contributed by atoms with van der Waals surface area (Å²) < 4.78 is 11.3. The quantitative estimate of drug-likeness (QED) is 0.248. The van der Waals surface area contributed by atoms with Gasteiger partial charge < -0.3 is 14.5 Å². The number of carbonyl (C=O) groups is 2. The SMILES string of the molecule is Cc1cccc(-c2nnc(C(C)OC(=O)c3ccccc3SCC(=O)Nc3cccc(C#N)c3)o2)c1. The van der Waals surface area contributed by atoms with Gasteiger partial charge in [-0.1, -0.05) is 35.9 Å². The molecule has 0 aliphatic heterocycles. The van der Waals surface area contributed by atoms with Gasteiger partial charge in [-0.25, -0.2) is 4.79 Å². The van der Waals surface area contributed by atoms with Crippen molar-refractivity contribution in [2.75, 3.05) is 11.1 Å². The molecule has 1 heterocycles. The number of benzene rings is 3. The third-order valence-corrected chi connectivity index (χ3v) is 6.15. The number of esters is 1. The van der Waals surface area contributed by atoms with Crippen molar-refractivity contribution in [3.8, 4) is 17.5 Å². The van der Waals surface area contributed by atoms with Gasteiger partial charge in [-0.05, 0) is 56.3 Å². The summed E-state index contributed by atoms with van der Waals surface area (Å²) in [6.45, 7) is 3.63. The first-order chi connectivity index (χ1) is 17.4. The van der Waals surface area contributed by atoms with Gasteiger partial charge >= 0.3 is 5.97 Å². The van der Waals surface area contributed by atoms with E-state index in [1.165, 1.54) is 11.8 Å². The molecule has 0 fully saturated rings. The molecule has 0 bridgehead atoms. The number of ether oxygens (including phenoxy) is 1. The molecule has 0 aliphatic carbocycles. The summed E-state index contributed by atoms with van der Waals surface area (Å²) in [7, 11) is 0. The number of nitriles is 1. The number of hydrogen-bond acceptors (Lipinski definition) is 8. The fraction of sp³-hybridized carbons (Fsp3) is 0.148. The summed E-state index contributed by atoms with van der Waals surface area (Å²) >= 11 is 1.21. The smallest absolute Gasteiger partial charge is 0.340 e. The number of carbonyl (C=O) groups excluding carboxylic acids is 2. The number of rotatable bonds is 8. The largest absolute Gasteiger partial charge is 0.449 e. The fourth-order valence-electron chi connectivity index (χ4n) is 3.34. The summed E-state index contributed by atoms with van der Waals surface area (Å²) in [5, 5.41) is 19.9. The van der Waals surface area contributed by atoms with Crippen LogP contribution < -0.4 is 5.32 Å². The predicted molar refractivity (Wildman–Crippen MR) is 135 cm³/mol. The molecule has 1 unspecified atom stereocenters. The average Bonchev–Trinajstić information content (AvgIpc) is 3.38. The topological polar surface area (TPSA) is 118 Å². The summed E-state index contributed by atoms with van der Waals surface area (Å²) in [6.07, 6.45) is -0.766. The minimum atomic E-state index is -0.766. The second-order valence-corrected chi connectivity index (χ2v) is 8.91. The highest BCUT2D eigenvalue weighted by atomic mass is 32.2. The molecule has 0 spiro atoms. The van der Waals surface area contributed by atoms with E-state index < -0.39 is 12.1 Å². The van der Waals surface area contributed by atoms with Crippen molar-refractivity contribution >= 4 is 29.3 Å². The molecule has 9 heteroatoms. The molecule has 3 aromatic carbocycles. The zero-order valence-corrected chi connectivity index (χ0v) is 20.4. The van der Waals surface area contributed by atoms with Crippen molar-refractivity contribution in [1.29, 1.82) is 5.26 Å². The van der Waals surface area contributed by atoms with Crippen molar-refractivity contribution in [3.63, 3.8) is 0 Å². The summed E-state index contributed by atoms with van der Waals surface area (Å²) in [5.74, 6) is -0.229. The molecule has 0 saturated carbocycles. The molecule has 36 heavy (non-hydrogen) atoms. The molecule has 0 saturated heterocycles. The minimum Gasteiger partial charge on any atom is -0.449 e. The molecule has 8 nitrogen and oxygen atoms in total. The van der Waals surface area contributed by atoms with E-state index in [2.05, 4.69) is 15.5 Å². The predicted octanol–water partition coefficient (Wildman–Crippen LogP) is 5.57. The zero-order chi connectivity index (χ0) is 25.5. The lowest BCUT2D eigenvalue weighted by molar-refractivity contribution is -0.113. The Labute approximate surface area is 212 Å². The maximum absolute atomic E-state index is 12.9. The molecule has 1 aromatic heterocycles. The van der Waals surface area contributed by atoms with Gasteiger partial charge in [0.25, 0.3) is 5.89 Å². The Hall–Kier alpha value is -4.42. The maximum atomic E-state index is 12.9. The van der Waals surface area contributed by atoms with Crippen LogP contribution in [0.1, 0.15) is 40.4 Å². The van der Waals surface area contributed by atoms with Crippen LogP contribution in [0, 0.1) is 18.3 Å². The van der Waals surface area contributed by atoms with E-state index in [1.807, 2.05) is 37.3 Å². The molecule has 1 N–H and O–H groups in total. The first-order valence-corrected chi connectivity index (χ1v) is 12.0. The van der Waals surface area contributed by atoms with Gasteiger partial charge in [0.05, 0.1) is 22.9 Å². The van der Waals surface area contributed by atoms with Crippen LogP contribution in [0.15, 0.2) is 82.1 Å². The fourth-order valence-corrected chi connectivity index (χ4v) is 4.18.